The highest BCUT2D eigenvalue weighted by molar-refractivity contribution is 5.95. The molecule has 0 bridgehead atoms. The van der Waals surface area contributed by atoms with Crippen LogP contribution in [-0.4, -0.2) is 49.1 Å². The molecule has 1 fully saturated rings. The maximum atomic E-state index is 11.7. The van der Waals surface area contributed by atoms with Gasteiger partial charge in [0, 0.05) is 19.1 Å². The molecule has 0 aliphatic carbocycles. The van der Waals surface area contributed by atoms with Crippen LogP contribution in [0.2, 0.25) is 0 Å². The van der Waals surface area contributed by atoms with Crippen LogP contribution in [0.5, 0.6) is 0 Å². The second kappa shape index (κ2) is 8.12. The quantitative estimate of drug-likeness (QED) is 0.605. The monoisotopic (exact) mass is 270 g/mol. The van der Waals surface area contributed by atoms with Gasteiger partial charge in [-0.05, 0) is 32.2 Å². The number of hydrogen-bond donors (Lipinski definition) is 3. The van der Waals surface area contributed by atoms with E-state index in [9.17, 15) is 9.59 Å². The minimum absolute atomic E-state index is 0.158. The van der Waals surface area contributed by atoms with Crippen LogP contribution < -0.4 is 16.4 Å². The molecule has 0 aromatic carbocycles. The number of hydrogen-bond acceptors (Lipinski definition) is 4. The van der Waals surface area contributed by atoms with E-state index in [1.54, 1.807) is 0 Å². The van der Waals surface area contributed by atoms with Crippen molar-refractivity contribution in [2.75, 3.05) is 26.2 Å². The highest BCUT2D eigenvalue weighted by Crippen LogP contribution is 2.17. The lowest BCUT2D eigenvalue weighted by Gasteiger charge is -2.17. The zero-order chi connectivity index (χ0) is 14.3. The van der Waals surface area contributed by atoms with E-state index >= 15 is 0 Å². The number of imide groups is 1. The Labute approximate surface area is 115 Å². The number of rotatable bonds is 6. The Morgan fingerprint density at radius 2 is 2.21 bits per heavy atom. The Hall–Kier alpha value is -1.14. The summed E-state index contributed by atoms with van der Waals surface area (Å²) in [4.78, 5) is 25.1. The molecule has 110 valence electrons. The number of amides is 3. The van der Waals surface area contributed by atoms with E-state index in [0.29, 0.717) is 12.5 Å². The van der Waals surface area contributed by atoms with Crippen LogP contribution in [0.25, 0.3) is 0 Å². The van der Waals surface area contributed by atoms with Crippen LogP contribution in [0.15, 0.2) is 0 Å². The third-order valence-electron chi connectivity index (χ3n) is 3.49. The Bertz CT molecular complexity index is 307. The van der Waals surface area contributed by atoms with Crippen molar-refractivity contribution in [2.45, 2.75) is 39.2 Å². The van der Waals surface area contributed by atoms with Gasteiger partial charge in [-0.25, -0.2) is 4.79 Å². The summed E-state index contributed by atoms with van der Waals surface area (Å²) in [6, 6.07) is -0.244. The lowest BCUT2D eigenvalue weighted by molar-refractivity contribution is -0.120. The average Bonchev–Trinajstić information content (AvgIpc) is 2.77. The van der Waals surface area contributed by atoms with Gasteiger partial charge in [-0.3, -0.25) is 15.0 Å². The van der Waals surface area contributed by atoms with Crippen LogP contribution in [0.1, 0.15) is 33.1 Å². The van der Waals surface area contributed by atoms with Gasteiger partial charge >= 0.3 is 6.03 Å². The first-order chi connectivity index (χ1) is 9.02. The van der Waals surface area contributed by atoms with Gasteiger partial charge < -0.3 is 11.1 Å². The first-order valence-electron chi connectivity index (χ1n) is 7.08. The van der Waals surface area contributed by atoms with E-state index in [2.05, 4.69) is 10.6 Å². The number of nitrogens with zero attached hydrogens (tertiary/aromatic N) is 1. The summed E-state index contributed by atoms with van der Waals surface area (Å²) in [6.07, 6.45) is 2.96. The zero-order valence-electron chi connectivity index (χ0n) is 11.9. The molecule has 1 rings (SSSR count). The molecule has 6 heteroatoms. The third kappa shape index (κ3) is 6.02. The van der Waals surface area contributed by atoms with Crippen molar-refractivity contribution in [3.63, 3.8) is 0 Å². The largest absolute Gasteiger partial charge is 0.338 e. The molecule has 6 nitrogen and oxygen atoms in total. The molecule has 0 aromatic heterocycles. The third-order valence-corrected chi connectivity index (χ3v) is 3.49. The molecular weight excluding hydrogens is 244 g/mol. The first kappa shape index (κ1) is 15.9. The second-order valence-corrected chi connectivity index (χ2v) is 5.30. The predicted octanol–water partition coefficient (Wildman–Crippen LogP) is 0.281. The number of carbonyl (C=O) groups excluding carboxylic acids is 2. The highest BCUT2D eigenvalue weighted by atomic mass is 16.2. The molecule has 0 spiro atoms. The van der Waals surface area contributed by atoms with Crippen LogP contribution in [0.3, 0.4) is 0 Å². The Balaban J connectivity index is 2.19. The standard InChI is InChI=1S/C13H26N4O2/c1-3-4-6-15-13(19)16-12(18)9-17-7-5-11(8-17)10(2)14/h10-11H,3-9,14H2,1-2H3,(H2,15,16,18,19). The normalized spacial score (nSPS) is 21.1. The number of likely N-dealkylation sites (tertiary alicyclic amines) is 1. The summed E-state index contributed by atoms with van der Waals surface area (Å²) in [5, 5.41) is 5.00. The van der Waals surface area contributed by atoms with Crippen molar-refractivity contribution >= 4 is 11.9 Å². The van der Waals surface area contributed by atoms with Crippen molar-refractivity contribution < 1.29 is 9.59 Å². The van der Waals surface area contributed by atoms with E-state index in [1.165, 1.54) is 0 Å². The van der Waals surface area contributed by atoms with Gasteiger partial charge in [0.05, 0.1) is 6.54 Å². The van der Waals surface area contributed by atoms with Crippen LogP contribution in [0.4, 0.5) is 4.79 Å². The molecule has 1 saturated heterocycles. The van der Waals surface area contributed by atoms with Crippen molar-refractivity contribution in [1.82, 2.24) is 15.5 Å². The summed E-state index contributed by atoms with van der Waals surface area (Å²) in [5.41, 5.74) is 5.85. The van der Waals surface area contributed by atoms with E-state index in [1.807, 2.05) is 18.7 Å². The first-order valence-corrected chi connectivity index (χ1v) is 7.08. The summed E-state index contributed by atoms with van der Waals surface area (Å²) in [5.74, 6) is 0.200. The van der Waals surface area contributed by atoms with E-state index in [4.69, 9.17) is 5.73 Å². The minimum atomic E-state index is -0.401. The SMILES string of the molecule is CCCCNC(=O)NC(=O)CN1CCC(C(C)N)C1. The molecule has 0 saturated carbocycles. The van der Waals surface area contributed by atoms with Gasteiger partial charge in [-0.1, -0.05) is 13.3 Å². The minimum Gasteiger partial charge on any atom is -0.338 e. The number of urea groups is 1. The predicted molar refractivity (Wildman–Crippen MR) is 74.6 cm³/mol. The van der Waals surface area contributed by atoms with Crippen molar-refractivity contribution in [1.29, 1.82) is 0 Å². The fraction of sp³-hybridized carbons (Fsp3) is 0.846. The number of nitrogens with one attached hydrogen (secondary N) is 2. The van der Waals surface area contributed by atoms with Gasteiger partial charge in [0.25, 0.3) is 0 Å². The van der Waals surface area contributed by atoms with Crippen molar-refractivity contribution in [2.24, 2.45) is 11.7 Å². The Morgan fingerprint density at radius 3 is 2.79 bits per heavy atom. The van der Waals surface area contributed by atoms with Gasteiger partial charge in [-0.15, -0.1) is 0 Å². The molecule has 0 radical (unpaired) electrons. The number of nitrogens with two attached hydrogens (primary N) is 1. The number of unbranched alkanes of at least 4 members (excludes halogenated alkanes) is 1. The molecule has 19 heavy (non-hydrogen) atoms. The maximum Gasteiger partial charge on any atom is 0.321 e. The second-order valence-electron chi connectivity index (χ2n) is 5.30. The van der Waals surface area contributed by atoms with Crippen molar-refractivity contribution in [3.05, 3.63) is 0 Å². The van der Waals surface area contributed by atoms with E-state index < -0.39 is 6.03 Å². The summed E-state index contributed by atoms with van der Waals surface area (Å²) < 4.78 is 0. The molecule has 2 atom stereocenters. The summed E-state index contributed by atoms with van der Waals surface area (Å²) >= 11 is 0. The fourth-order valence-corrected chi connectivity index (χ4v) is 2.23. The molecule has 3 amide bonds. The zero-order valence-corrected chi connectivity index (χ0v) is 11.9. The summed E-state index contributed by atoms with van der Waals surface area (Å²) in [6.45, 7) is 6.62. The van der Waals surface area contributed by atoms with Gasteiger partial charge in [0.15, 0.2) is 0 Å². The smallest absolute Gasteiger partial charge is 0.321 e. The van der Waals surface area contributed by atoms with Crippen LogP contribution in [-0.2, 0) is 4.79 Å². The molecule has 1 aliphatic rings. The molecule has 2 unspecified atom stereocenters. The molecule has 4 N–H and O–H groups in total. The van der Waals surface area contributed by atoms with Gasteiger partial charge in [-0.2, -0.15) is 0 Å². The Morgan fingerprint density at radius 1 is 1.47 bits per heavy atom. The maximum absolute atomic E-state index is 11.7. The fourth-order valence-electron chi connectivity index (χ4n) is 2.23. The van der Waals surface area contributed by atoms with E-state index in [0.717, 1.165) is 32.4 Å². The Kier molecular flexibility index (Phi) is 6.80. The lowest BCUT2D eigenvalue weighted by Crippen LogP contribution is -2.44. The van der Waals surface area contributed by atoms with Crippen molar-refractivity contribution in [3.8, 4) is 0 Å². The van der Waals surface area contributed by atoms with Gasteiger partial charge in [0.1, 0.15) is 0 Å². The summed E-state index contributed by atoms with van der Waals surface area (Å²) in [7, 11) is 0. The topological polar surface area (TPSA) is 87.5 Å². The molecule has 1 heterocycles. The van der Waals surface area contributed by atoms with E-state index in [-0.39, 0.29) is 18.5 Å². The highest BCUT2D eigenvalue weighted by Gasteiger charge is 2.26. The molecular formula is C13H26N4O2. The lowest BCUT2D eigenvalue weighted by atomic mass is 10.0. The average molecular weight is 270 g/mol. The van der Waals surface area contributed by atoms with Gasteiger partial charge in [0.2, 0.25) is 5.91 Å². The number of carbonyl (C=O) groups is 2. The van der Waals surface area contributed by atoms with Crippen LogP contribution >= 0.6 is 0 Å². The molecule has 0 aromatic rings. The molecule has 1 aliphatic heterocycles. The van der Waals surface area contributed by atoms with Crippen LogP contribution in [0, 0.1) is 5.92 Å².